The normalized spacial score (nSPS) is 21.9. The van der Waals surface area contributed by atoms with Gasteiger partial charge in [-0.25, -0.2) is 0 Å². The van der Waals surface area contributed by atoms with Crippen LogP contribution in [-0.4, -0.2) is 71.7 Å². The fourth-order valence-electron chi connectivity index (χ4n) is 4.60. The van der Waals surface area contributed by atoms with Crippen molar-refractivity contribution in [3.05, 3.63) is 29.3 Å². The summed E-state index contributed by atoms with van der Waals surface area (Å²) in [5.41, 5.74) is 1.58. The average Bonchev–Trinajstić information content (AvgIpc) is 2.92. The topological polar surface area (TPSA) is 90.0 Å². The highest BCUT2D eigenvalue weighted by Gasteiger charge is 2.45. The smallest absolute Gasteiger partial charge is 0.262 e. The number of hydrogen-bond donors (Lipinski definition) is 1. The molecule has 8 heteroatoms. The number of imide groups is 2. The summed E-state index contributed by atoms with van der Waals surface area (Å²) in [5.74, 6) is -1.88. The van der Waals surface area contributed by atoms with E-state index in [2.05, 4.69) is 29.0 Å². The Morgan fingerprint density at radius 1 is 1.00 bits per heavy atom. The van der Waals surface area contributed by atoms with Crippen molar-refractivity contribution in [2.24, 2.45) is 0 Å². The van der Waals surface area contributed by atoms with Crippen LogP contribution in [0.2, 0.25) is 0 Å². The fourth-order valence-corrected chi connectivity index (χ4v) is 4.60. The molecule has 3 aliphatic heterocycles. The Labute approximate surface area is 176 Å². The maximum absolute atomic E-state index is 13.0. The van der Waals surface area contributed by atoms with Crippen molar-refractivity contribution < 1.29 is 19.2 Å². The van der Waals surface area contributed by atoms with Gasteiger partial charge in [0, 0.05) is 31.2 Å². The summed E-state index contributed by atoms with van der Waals surface area (Å²) >= 11 is 0. The standard InChI is InChI=1S/C22H28N4O4/c1-3-9-24(10-4-2)15-12-25(13-15)14-5-6-16-17(11-14)22(30)26(21(16)29)18-7-8-19(27)23-20(18)28/h5-6,11,15,18H,3-4,7-10,12-13H2,1-2H3,(H,23,27,28). The number of fused-ring (bicyclic) bond motifs is 1. The van der Waals surface area contributed by atoms with Crippen LogP contribution in [0.5, 0.6) is 0 Å². The van der Waals surface area contributed by atoms with Gasteiger partial charge in [-0.1, -0.05) is 13.8 Å². The second-order valence-corrected chi connectivity index (χ2v) is 8.27. The Morgan fingerprint density at radius 3 is 2.30 bits per heavy atom. The van der Waals surface area contributed by atoms with Crippen LogP contribution in [0, 0.1) is 0 Å². The number of benzene rings is 1. The predicted molar refractivity (Wildman–Crippen MR) is 111 cm³/mol. The molecule has 4 amide bonds. The molecule has 8 nitrogen and oxygen atoms in total. The minimum Gasteiger partial charge on any atom is -0.368 e. The van der Waals surface area contributed by atoms with Gasteiger partial charge in [-0.3, -0.25) is 34.3 Å². The number of carbonyl (C=O) groups excluding carboxylic acids is 4. The van der Waals surface area contributed by atoms with Crippen LogP contribution >= 0.6 is 0 Å². The zero-order valence-electron chi connectivity index (χ0n) is 17.5. The van der Waals surface area contributed by atoms with E-state index in [1.807, 2.05) is 6.07 Å². The van der Waals surface area contributed by atoms with Gasteiger partial charge in [0.05, 0.1) is 11.1 Å². The van der Waals surface area contributed by atoms with Gasteiger partial charge in [0.25, 0.3) is 11.8 Å². The zero-order valence-corrected chi connectivity index (χ0v) is 17.5. The number of anilines is 1. The van der Waals surface area contributed by atoms with E-state index in [0.29, 0.717) is 17.2 Å². The van der Waals surface area contributed by atoms with Crippen molar-refractivity contribution in [1.82, 2.24) is 15.1 Å². The summed E-state index contributed by atoms with van der Waals surface area (Å²) in [5, 5.41) is 2.22. The molecule has 1 unspecified atom stereocenters. The molecule has 4 rings (SSSR count). The minimum absolute atomic E-state index is 0.121. The maximum atomic E-state index is 13.0. The molecule has 2 saturated heterocycles. The number of hydrogen-bond acceptors (Lipinski definition) is 6. The highest BCUT2D eigenvalue weighted by atomic mass is 16.2. The Balaban J connectivity index is 1.48. The van der Waals surface area contributed by atoms with Crippen molar-refractivity contribution in [3.8, 4) is 0 Å². The molecule has 30 heavy (non-hydrogen) atoms. The lowest BCUT2D eigenvalue weighted by Gasteiger charge is -2.47. The minimum atomic E-state index is -0.927. The number of piperidine rings is 1. The molecule has 0 bridgehead atoms. The number of nitrogens with zero attached hydrogens (tertiary/aromatic N) is 3. The van der Waals surface area contributed by atoms with Crippen molar-refractivity contribution in [2.45, 2.75) is 51.6 Å². The number of rotatable bonds is 7. The summed E-state index contributed by atoms with van der Waals surface area (Å²) in [6, 6.07) is 4.90. The summed E-state index contributed by atoms with van der Waals surface area (Å²) < 4.78 is 0. The van der Waals surface area contributed by atoms with Gasteiger partial charge in [-0.15, -0.1) is 0 Å². The number of carbonyl (C=O) groups is 4. The van der Waals surface area contributed by atoms with E-state index >= 15 is 0 Å². The zero-order chi connectivity index (χ0) is 21.4. The summed E-state index contributed by atoms with van der Waals surface area (Å²) in [7, 11) is 0. The Bertz CT molecular complexity index is 887. The van der Waals surface area contributed by atoms with Gasteiger partial charge < -0.3 is 4.90 Å². The van der Waals surface area contributed by atoms with Crippen LogP contribution in [0.15, 0.2) is 18.2 Å². The van der Waals surface area contributed by atoms with Gasteiger partial charge in [0.2, 0.25) is 11.8 Å². The summed E-state index contributed by atoms with van der Waals surface area (Å²) in [4.78, 5) is 55.1. The SMILES string of the molecule is CCCN(CCC)C1CN(c2ccc3c(c2)C(=O)N(C2CCC(=O)NC2=O)C3=O)C1. The molecule has 1 aromatic rings. The second-order valence-electron chi connectivity index (χ2n) is 8.27. The summed E-state index contributed by atoms with van der Waals surface area (Å²) in [6.07, 6.45) is 2.54. The lowest BCUT2D eigenvalue weighted by atomic mass is 10.0. The van der Waals surface area contributed by atoms with E-state index in [-0.39, 0.29) is 18.7 Å². The monoisotopic (exact) mass is 412 g/mol. The fraction of sp³-hybridized carbons (Fsp3) is 0.545. The Hall–Kier alpha value is -2.74. The van der Waals surface area contributed by atoms with Gasteiger partial charge in [0.1, 0.15) is 6.04 Å². The number of nitrogens with one attached hydrogen (secondary N) is 1. The van der Waals surface area contributed by atoms with Crippen LogP contribution in [-0.2, 0) is 9.59 Å². The van der Waals surface area contributed by atoms with Gasteiger partial charge in [0.15, 0.2) is 0 Å². The summed E-state index contributed by atoms with van der Waals surface area (Å²) in [6.45, 7) is 8.36. The van der Waals surface area contributed by atoms with Crippen LogP contribution < -0.4 is 10.2 Å². The van der Waals surface area contributed by atoms with Crippen molar-refractivity contribution in [3.63, 3.8) is 0 Å². The molecule has 3 heterocycles. The largest absolute Gasteiger partial charge is 0.368 e. The first-order valence-corrected chi connectivity index (χ1v) is 10.8. The molecular formula is C22H28N4O4. The molecule has 1 atom stereocenters. The molecular weight excluding hydrogens is 384 g/mol. The highest BCUT2D eigenvalue weighted by molar-refractivity contribution is 6.23. The van der Waals surface area contributed by atoms with Crippen LogP contribution in [0.4, 0.5) is 5.69 Å². The van der Waals surface area contributed by atoms with E-state index in [9.17, 15) is 19.2 Å². The quantitative estimate of drug-likeness (QED) is 0.681. The third-order valence-corrected chi connectivity index (χ3v) is 6.19. The maximum Gasteiger partial charge on any atom is 0.262 e. The van der Waals surface area contributed by atoms with Gasteiger partial charge in [-0.05, 0) is 50.6 Å². The average molecular weight is 412 g/mol. The molecule has 1 aromatic carbocycles. The van der Waals surface area contributed by atoms with Gasteiger partial charge >= 0.3 is 0 Å². The molecule has 0 saturated carbocycles. The van der Waals surface area contributed by atoms with Gasteiger partial charge in [-0.2, -0.15) is 0 Å². The third kappa shape index (κ3) is 3.49. The first-order chi connectivity index (χ1) is 14.4. The Morgan fingerprint density at radius 2 is 1.67 bits per heavy atom. The third-order valence-electron chi connectivity index (χ3n) is 6.19. The van der Waals surface area contributed by atoms with E-state index in [0.717, 1.165) is 49.6 Å². The van der Waals surface area contributed by atoms with Crippen molar-refractivity contribution >= 4 is 29.3 Å². The van der Waals surface area contributed by atoms with E-state index in [1.165, 1.54) is 0 Å². The lowest BCUT2D eigenvalue weighted by Crippen LogP contribution is -2.59. The Kier molecular flexibility index (Phi) is 5.60. The molecule has 0 radical (unpaired) electrons. The second kappa shape index (κ2) is 8.18. The predicted octanol–water partition coefficient (Wildman–Crippen LogP) is 1.40. The van der Waals surface area contributed by atoms with Crippen LogP contribution in [0.25, 0.3) is 0 Å². The van der Waals surface area contributed by atoms with Crippen LogP contribution in [0.3, 0.4) is 0 Å². The molecule has 2 fully saturated rings. The van der Waals surface area contributed by atoms with Crippen molar-refractivity contribution in [1.29, 1.82) is 0 Å². The molecule has 0 aromatic heterocycles. The molecule has 1 N–H and O–H groups in total. The lowest BCUT2D eigenvalue weighted by molar-refractivity contribution is -0.136. The molecule has 0 spiro atoms. The van der Waals surface area contributed by atoms with Crippen molar-refractivity contribution in [2.75, 3.05) is 31.1 Å². The van der Waals surface area contributed by atoms with E-state index < -0.39 is 23.8 Å². The van der Waals surface area contributed by atoms with E-state index in [4.69, 9.17) is 0 Å². The molecule has 3 aliphatic rings. The first-order valence-electron chi connectivity index (χ1n) is 10.8. The first kappa shape index (κ1) is 20.5. The van der Waals surface area contributed by atoms with E-state index in [1.54, 1.807) is 12.1 Å². The molecule has 0 aliphatic carbocycles. The number of amides is 4. The molecule has 160 valence electrons. The van der Waals surface area contributed by atoms with Crippen LogP contribution in [0.1, 0.15) is 60.2 Å². The highest BCUT2D eigenvalue weighted by Crippen LogP contribution is 2.32.